The van der Waals surface area contributed by atoms with Crippen LogP contribution in [0.25, 0.3) is 0 Å². The van der Waals surface area contributed by atoms with E-state index in [1.807, 2.05) is 18.1 Å². The van der Waals surface area contributed by atoms with Gasteiger partial charge in [-0.25, -0.2) is 0 Å². The van der Waals surface area contributed by atoms with Crippen molar-refractivity contribution >= 4 is 17.6 Å². The molecule has 0 radical (unpaired) electrons. The lowest BCUT2D eigenvalue weighted by Crippen LogP contribution is -2.55. The SMILES string of the molecule is CN=C(NCCC(C)(C)C)N1CCN(c2cnn(C)c2)C(=O)C1. The summed E-state index contributed by atoms with van der Waals surface area (Å²) in [4.78, 5) is 20.5. The van der Waals surface area contributed by atoms with Gasteiger partial charge in [0.15, 0.2) is 5.96 Å². The number of hydrogen-bond donors (Lipinski definition) is 1. The van der Waals surface area contributed by atoms with Gasteiger partial charge in [-0.1, -0.05) is 20.8 Å². The van der Waals surface area contributed by atoms with Crippen molar-refractivity contribution in [3.05, 3.63) is 12.4 Å². The monoisotopic (exact) mass is 320 g/mol. The molecule has 1 amide bonds. The van der Waals surface area contributed by atoms with Crippen molar-refractivity contribution in [3.63, 3.8) is 0 Å². The number of aryl methyl sites for hydroxylation is 1. The highest BCUT2D eigenvalue weighted by atomic mass is 16.2. The number of carbonyl (C=O) groups is 1. The smallest absolute Gasteiger partial charge is 0.246 e. The Morgan fingerprint density at radius 3 is 2.65 bits per heavy atom. The molecule has 0 saturated carbocycles. The summed E-state index contributed by atoms with van der Waals surface area (Å²) in [6, 6.07) is 0. The highest BCUT2D eigenvalue weighted by Gasteiger charge is 2.27. The number of guanidine groups is 1. The van der Waals surface area contributed by atoms with Gasteiger partial charge in [-0.15, -0.1) is 0 Å². The summed E-state index contributed by atoms with van der Waals surface area (Å²) in [7, 11) is 3.61. The van der Waals surface area contributed by atoms with Crippen molar-refractivity contribution in [1.82, 2.24) is 20.0 Å². The largest absolute Gasteiger partial charge is 0.356 e. The number of aliphatic imine (C=N–C) groups is 1. The van der Waals surface area contributed by atoms with E-state index < -0.39 is 0 Å². The molecule has 0 bridgehead atoms. The Bertz CT molecular complexity index is 571. The zero-order valence-corrected chi connectivity index (χ0v) is 14.8. The molecular formula is C16H28N6O. The molecule has 2 rings (SSSR count). The molecule has 1 saturated heterocycles. The molecule has 1 N–H and O–H groups in total. The molecule has 7 heteroatoms. The number of nitrogens with zero attached hydrogens (tertiary/aromatic N) is 5. The number of carbonyl (C=O) groups excluding carboxylic acids is 1. The highest BCUT2D eigenvalue weighted by molar-refractivity contribution is 5.98. The molecule has 7 nitrogen and oxygen atoms in total. The lowest BCUT2D eigenvalue weighted by Gasteiger charge is -2.35. The van der Waals surface area contributed by atoms with Crippen LogP contribution in [0.1, 0.15) is 27.2 Å². The Labute approximate surface area is 138 Å². The van der Waals surface area contributed by atoms with Crippen LogP contribution in [0.5, 0.6) is 0 Å². The minimum absolute atomic E-state index is 0.0722. The van der Waals surface area contributed by atoms with Crippen LogP contribution in [0.2, 0.25) is 0 Å². The minimum atomic E-state index is 0.0722. The summed E-state index contributed by atoms with van der Waals surface area (Å²) in [5.74, 6) is 0.872. The predicted molar refractivity (Wildman–Crippen MR) is 92.6 cm³/mol. The van der Waals surface area contributed by atoms with E-state index in [1.54, 1.807) is 22.8 Å². The van der Waals surface area contributed by atoms with Crippen LogP contribution in [0.4, 0.5) is 5.69 Å². The van der Waals surface area contributed by atoms with Crippen LogP contribution >= 0.6 is 0 Å². The summed E-state index contributed by atoms with van der Waals surface area (Å²) in [5, 5.41) is 7.50. The normalized spacial score (nSPS) is 16.9. The van der Waals surface area contributed by atoms with Gasteiger partial charge in [-0.2, -0.15) is 5.10 Å². The molecule has 1 aromatic rings. The molecular weight excluding hydrogens is 292 g/mol. The molecule has 2 heterocycles. The third kappa shape index (κ3) is 4.71. The van der Waals surface area contributed by atoms with Gasteiger partial charge in [-0.05, 0) is 11.8 Å². The fourth-order valence-electron chi connectivity index (χ4n) is 2.56. The van der Waals surface area contributed by atoms with Gasteiger partial charge >= 0.3 is 0 Å². The first kappa shape index (κ1) is 17.3. The number of anilines is 1. The Morgan fingerprint density at radius 2 is 2.13 bits per heavy atom. The number of amides is 1. The van der Waals surface area contributed by atoms with Crippen molar-refractivity contribution in [2.75, 3.05) is 38.1 Å². The molecule has 0 aromatic carbocycles. The maximum absolute atomic E-state index is 12.4. The summed E-state index contributed by atoms with van der Waals surface area (Å²) < 4.78 is 1.71. The minimum Gasteiger partial charge on any atom is -0.356 e. The second-order valence-electron chi connectivity index (χ2n) is 7.12. The van der Waals surface area contributed by atoms with E-state index in [4.69, 9.17) is 0 Å². The Morgan fingerprint density at radius 1 is 1.39 bits per heavy atom. The zero-order valence-electron chi connectivity index (χ0n) is 14.8. The number of piperazine rings is 1. The van der Waals surface area contributed by atoms with Crippen molar-refractivity contribution in [2.24, 2.45) is 17.5 Å². The van der Waals surface area contributed by atoms with Crippen molar-refractivity contribution in [3.8, 4) is 0 Å². The van der Waals surface area contributed by atoms with E-state index >= 15 is 0 Å². The van der Waals surface area contributed by atoms with Crippen LogP contribution < -0.4 is 10.2 Å². The summed E-state index contributed by atoms with van der Waals surface area (Å²) in [6.45, 7) is 9.24. The van der Waals surface area contributed by atoms with Crippen molar-refractivity contribution in [1.29, 1.82) is 0 Å². The van der Waals surface area contributed by atoms with Crippen molar-refractivity contribution < 1.29 is 4.79 Å². The van der Waals surface area contributed by atoms with Crippen LogP contribution in [0.3, 0.4) is 0 Å². The van der Waals surface area contributed by atoms with E-state index in [0.29, 0.717) is 13.1 Å². The average molecular weight is 320 g/mol. The van der Waals surface area contributed by atoms with Crippen LogP contribution in [-0.2, 0) is 11.8 Å². The standard InChI is InChI=1S/C16H28N6O/c1-16(2,3)6-7-18-15(17-4)21-8-9-22(14(23)12-21)13-10-19-20(5)11-13/h10-11H,6-9,12H2,1-5H3,(H,17,18). The van der Waals surface area contributed by atoms with E-state index in [0.717, 1.165) is 31.2 Å². The van der Waals surface area contributed by atoms with Crippen LogP contribution in [0.15, 0.2) is 17.4 Å². The van der Waals surface area contributed by atoms with Gasteiger partial charge in [0.1, 0.15) is 6.54 Å². The molecule has 0 aliphatic carbocycles. The fraction of sp³-hybridized carbons (Fsp3) is 0.688. The summed E-state index contributed by atoms with van der Waals surface area (Å²) in [5.41, 5.74) is 1.13. The zero-order chi connectivity index (χ0) is 17.0. The lowest BCUT2D eigenvalue weighted by molar-refractivity contribution is -0.120. The molecule has 1 aromatic heterocycles. The topological polar surface area (TPSA) is 65.8 Å². The van der Waals surface area contributed by atoms with Crippen LogP contribution in [-0.4, -0.2) is 59.8 Å². The first-order valence-electron chi connectivity index (χ1n) is 8.05. The molecule has 1 fully saturated rings. The molecule has 128 valence electrons. The Balaban J connectivity index is 1.91. The lowest BCUT2D eigenvalue weighted by atomic mass is 9.92. The first-order chi connectivity index (χ1) is 10.8. The van der Waals surface area contributed by atoms with E-state index in [2.05, 4.69) is 36.2 Å². The van der Waals surface area contributed by atoms with Gasteiger partial charge in [0.2, 0.25) is 5.91 Å². The summed E-state index contributed by atoms with van der Waals surface area (Å²) >= 11 is 0. The van der Waals surface area contributed by atoms with Gasteiger partial charge in [0.05, 0.1) is 11.9 Å². The second-order valence-corrected chi connectivity index (χ2v) is 7.12. The third-order valence-corrected chi connectivity index (χ3v) is 3.89. The second kappa shape index (κ2) is 7.02. The Hall–Kier alpha value is -2.05. The van der Waals surface area contributed by atoms with E-state index in [9.17, 15) is 4.79 Å². The number of rotatable bonds is 3. The van der Waals surface area contributed by atoms with E-state index in [-0.39, 0.29) is 11.3 Å². The van der Waals surface area contributed by atoms with E-state index in [1.165, 1.54) is 0 Å². The van der Waals surface area contributed by atoms with Crippen molar-refractivity contribution in [2.45, 2.75) is 27.2 Å². The fourth-order valence-corrected chi connectivity index (χ4v) is 2.56. The number of nitrogens with one attached hydrogen (secondary N) is 1. The Kier molecular flexibility index (Phi) is 5.28. The maximum atomic E-state index is 12.4. The molecule has 1 aliphatic rings. The van der Waals surface area contributed by atoms with Crippen LogP contribution in [0, 0.1) is 5.41 Å². The molecule has 0 spiro atoms. The van der Waals surface area contributed by atoms with Gasteiger partial charge < -0.3 is 15.1 Å². The predicted octanol–water partition coefficient (Wildman–Crippen LogP) is 1.08. The highest BCUT2D eigenvalue weighted by Crippen LogP contribution is 2.18. The van der Waals surface area contributed by atoms with Gasteiger partial charge in [0, 0.05) is 39.9 Å². The maximum Gasteiger partial charge on any atom is 0.246 e. The summed E-state index contributed by atoms with van der Waals surface area (Å²) in [6.07, 6.45) is 4.64. The quantitative estimate of drug-likeness (QED) is 0.668. The first-order valence-corrected chi connectivity index (χ1v) is 8.05. The van der Waals surface area contributed by atoms with Gasteiger partial charge in [0.25, 0.3) is 0 Å². The number of aromatic nitrogens is 2. The molecule has 1 aliphatic heterocycles. The molecule has 0 unspecified atom stereocenters. The number of hydrogen-bond acceptors (Lipinski definition) is 3. The average Bonchev–Trinajstić information content (AvgIpc) is 2.88. The molecule has 23 heavy (non-hydrogen) atoms. The third-order valence-electron chi connectivity index (χ3n) is 3.89. The molecule has 0 atom stereocenters. The van der Waals surface area contributed by atoms with Gasteiger partial charge in [-0.3, -0.25) is 14.5 Å².